The van der Waals surface area contributed by atoms with Crippen LogP contribution in [0.2, 0.25) is 0 Å². The van der Waals surface area contributed by atoms with Crippen LogP contribution in [-0.2, 0) is 4.79 Å². The van der Waals surface area contributed by atoms with Gasteiger partial charge in [0.1, 0.15) is 12.6 Å². The summed E-state index contributed by atoms with van der Waals surface area (Å²) in [5.74, 6) is -0.842. The van der Waals surface area contributed by atoms with Crippen LogP contribution >= 0.6 is 0 Å². The van der Waals surface area contributed by atoms with Crippen molar-refractivity contribution in [2.75, 3.05) is 6.54 Å². The summed E-state index contributed by atoms with van der Waals surface area (Å²) in [4.78, 5) is 11.3. The van der Waals surface area contributed by atoms with E-state index < -0.39 is 24.7 Å². The largest absolute Gasteiger partial charge is 0.405 e. The van der Waals surface area contributed by atoms with E-state index in [0.717, 1.165) is 5.56 Å². The molecule has 0 aliphatic rings. The number of hydrogen-bond donors (Lipinski definition) is 2. The van der Waals surface area contributed by atoms with Crippen LogP contribution in [-0.4, -0.2) is 18.6 Å². The number of alkyl halides is 3. The van der Waals surface area contributed by atoms with Gasteiger partial charge in [-0.1, -0.05) is 29.8 Å². The van der Waals surface area contributed by atoms with Crippen LogP contribution in [0.15, 0.2) is 24.3 Å². The molecule has 1 amide bonds. The second kappa shape index (κ2) is 5.18. The molecule has 0 aliphatic heterocycles. The molecule has 1 aromatic rings. The minimum atomic E-state index is -4.43. The molecule has 94 valence electrons. The highest BCUT2D eigenvalue weighted by Crippen LogP contribution is 2.14. The molecule has 1 rings (SSSR count). The van der Waals surface area contributed by atoms with E-state index in [9.17, 15) is 18.0 Å². The first-order chi connectivity index (χ1) is 7.79. The summed E-state index contributed by atoms with van der Waals surface area (Å²) in [6.45, 7) is 0.490. The lowest BCUT2D eigenvalue weighted by Crippen LogP contribution is -2.39. The molecule has 6 heteroatoms. The molecule has 17 heavy (non-hydrogen) atoms. The zero-order valence-electron chi connectivity index (χ0n) is 9.21. The van der Waals surface area contributed by atoms with E-state index in [4.69, 9.17) is 5.73 Å². The van der Waals surface area contributed by atoms with Crippen LogP contribution < -0.4 is 11.1 Å². The predicted octanol–water partition coefficient (Wildman–Crippen LogP) is 1.67. The van der Waals surface area contributed by atoms with Crippen LogP contribution in [0.3, 0.4) is 0 Å². The Hall–Kier alpha value is -1.56. The Morgan fingerprint density at radius 2 is 1.88 bits per heavy atom. The number of nitrogens with two attached hydrogens (primary N) is 1. The summed E-state index contributed by atoms with van der Waals surface area (Å²) in [6, 6.07) is 5.64. The molecule has 0 heterocycles. The zero-order valence-corrected chi connectivity index (χ0v) is 9.21. The third kappa shape index (κ3) is 4.44. The number of aryl methyl sites for hydroxylation is 1. The number of halogens is 3. The summed E-state index contributed by atoms with van der Waals surface area (Å²) in [5.41, 5.74) is 7.00. The molecular weight excluding hydrogens is 233 g/mol. The van der Waals surface area contributed by atoms with Crippen LogP contribution in [0.5, 0.6) is 0 Å². The SMILES string of the molecule is Cc1ccc(C(N)C(=O)NCC(F)(F)F)cc1. The van der Waals surface area contributed by atoms with Crippen molar-refractivity contribution in [1.29, 1.82) is 0 Å². The Balaban J connectivity index is 2.61. The average Bonchev–Trinajstić information content (AvgIpc) is 2.25. The fourth-order valence-electron chi connectivity index (χ4n) is 1.22. The molecule has 0 bridgehead atoms. The molecule has 1 atom stereocenters. The second-order valence-electron chi connectivity index (χ2n) is 3.72. The number of hydrogen-bond acceptors (Lipinski definition) is 2. The third-order valence-electron chi connectivity index (χ3n) is 2.18. The molecule has 1 unspecified atom stereocenters. The summed E-state index contributed by atoms with van der Waals surface area (Å²) in [5, 5.41) is 1.75. The molecule has 0 radical (unpaired) electrons. The lowest BCUT2D eigenvalue weighted by atomic mass is 10.1. The van der Waals surface area contributed by atoms with Crippen molar-refractivity contribution >= 4 is 5.91 Å². The Morgan fingerprint density at radius 1 is 1.35 bits per heavy atom. The van der Waals surface area contributed by atoms with E-state index in [2.05, 4.69) is 0 Å². The predicted molar refractivity (Wildman–Crippen MR) is 57.2 cm³/mol. The number of nitrogens with one attached hydrogen (secondary N) is 1. The highest BCUT2D eigenvalue weighted by Gasteiger charge is 2.29. The standard InChI is InChI=1S/C11H13F3N2O/c1-7-2-4-8(5-3-7)9(15)10(17)16-6-11(12,13)14/h2-5,9H,6,15H2,1H3,(H,16,17). The van der Waals surface area contributed by atoms with Gasteiger partial charge in [-0.15, -0.1) is 0 Å². The second-order valence-corrected chi connectivity index (χ2v) is 3.72. The lowest BCUT2D eigenvalue weighted by Gasteiger charge is -2.14. The molecule has 0 spiro atoms. The van der Waals surface area contributed by atoms with Crippen LogP contribution in [0.1, 0.15) is 17.2 Å². The van der Waals surface area contributed by atoms with E-state index in [0.29, 0.717) is 5.56 Å². The van der Waals surface area contributed by atoms with Gasteiger partial charge < -0.3 is 11.1 Å². The van der Waals surface area contributed by atoms with Gasteiger partial charge in [-0.3, -0.25) is 4.79 Å². The average molecular weight is 246 g/mol. The maximum atomic E-state index is 11.9. The van der Waals surface area contributed by atoms with E-state index in [1.807, 2.05) is 6.92 Å². The normalized spacial score (nSPS) is 13.2. The van der Waals surface area contributed by atoms with Gasteiger partial charge in [0.05, 0.1) is 0 Å². The van der Waals surface area contributed by atoms with E-state index in [1.54, 1.807) is 29.6 Å². The molecule has 0 saturated heterocycles. The minimum Gasteiger partial charge on any atom is -0.345 e. The van der Waals surface area contributed by atoms with Gasteiger partial charge in [0.15, 0.2) is 0 Å². The fourth-order valence-corrected chi connectivity index (χ4v) is 1.22. The van der Waals surface area contributed by atoms with Gasteiger partial charge in [0.2, 0.25) is 5.91 Å². The van der Waals surface area contributed by atoms with E-state index in [-0.39, 0.29) is 0 Å². The van der Waals surface area contributed by atoms with Crippen LogP contribution in [0, 0.1) is 6.92 Å². The summed E-state index contributed by atoms with van der Waals surface area (Å²) in [7, 11) is 0. The first-order valence-electron chi connectivity index (χ1n) is 4.96. The van der Waals surface area contributed by atoms with Gasteiger partial charge in [0, 0.05) is 0 Å². The Bertz CT molecular complexity index is 387. The van der Waals surface area contributed by atoms with Crippen molar-refractivity contribution in [3.8, 4) is 0 Å². The summed E-state index contributed by atoms with van der Waals surface area (Å²) >= 11 is 0. The van der Waals surface area contributed by atoms with Crippen molar-refractivity contribution in [1.82, 2.24) is 5.32 Å². The molecule has 3 N–H and O–H groups in total. The quantitative estimate of drug-likeness (QED) is 0.852. The number of amides is 1. The molecular formula is C11H13F3N2O. The Morgan fingerprint density at radius 3 is 2.35 bits per heavy atom. The number of carbonyl (C=O) groups is 1. The van der Waals surface area contributed by atoms with Crippen molar-refractivity contribution in [2.45, 2.75) is 19.1 Å². The topological polar surface area (TPSA) is 55.1 Å². The van der Waals surface area contributed by atoms with Crippen LogP contribution in [0.25, 0.3) is 0 Å². The van der Waals surface area contributed by atoms with Gasteiger partial charge in [-0.25, -0.2) is 0 Å². The van der Waals surface area contributed by atoms with Crippen molar-refractivity contribution in [2.24, 2.45) is 5.73 Å². The fraction of sp³-hybridized carbons (Fsp3) is 0.364. The van der Waals surface area contributed by atoms with Gasteiger partial charge in [0.25, 0.3) is 0 Å². The molecule has 1 aromatic carbocycles. The third-order valence-corrected chi connectivity index (χ3v) is 2.18. The Labute approximate surface area is 96.8 Å². The monoisotopic (exact) mass is 246 g/mol. The van der Waals surface area contributed by atoms with Crippen molar-refractivity contribution in [3.05, 3.63) is 35.4 Å². The van der Waals surface area contributed by atoms with Gasteiger partial charge in [-0.2, -0.15) is 13.2 Å². The maximum Gasteiger partial charge on any atom is 0.405 e. The zero-order chi connectivity index (χ0) is 13.1. The van der Waals surface area contributed by atoms with E-state index in [1.165, 1.54) is 0 Å². The highest BCUT2D eigenvalue weighted by molar-refractivity contribution is 5.82. The highest BCUT2D eigenvalue weighted by atomic mass is 19.4. The van der Waals surface area contributed by atoms with E-state index >= 15 is 0 Å². The molecule has 3 nitrogen and oxygen atoms in total. The number of benzene rings is 1. The van der Waals surface area contributed by atoms with Crippen molar-refractivity contribution in [3.63, 3.8) is 0 Å². The van der Waals surface area contributed by atoms with Crippen molar-refractivity contribution < 1.29 is 18.0 Å². The number of carbonyl (C=O) groups excluding carboxylic acids is 1. The molecule has 0 saturated carbocycles. The lowest BCUT2D eigenvalue weighted by molar-refractivity contribution is -0.139. The maximum absolute atomic E-state index is 11.9. The first-order valence-corrected chi connectivity index (χ1v) is 4.96. The molecule has 0 aromatic heterocycles. The summed E-state index contributed by atoms with van der Waals surface area (Å²) < 4.78 is 35.6. The van der Waals surface area contributed by atoms with Gasteiger partial charge in [-0.05, 0) is 12.5 Å². The first kappa shape index (κ1) is 13.5. The summed E-state index contributed by atoms with van der Waals surface area (Å²) in [6.07, 6.45) is -4.43. The Kier molecular flexibility index (Phi) is 4.11. The number of rotatable bonds is 3. The molecule has 0 fully saturated rings. The van der Waals surface area contributed by atoms with Gasteiger partial charge >= 0.3 is 6.18 Å². The smallest absolute Gasteiger partial charge is 0.345 e. The molecule has 0 aliphatic carbocycles. The minimum absolute atomic E-state index is 0.482. The van der Waals surface area contributed by atoms with Crippen LogP contribution in [0.4, 0.5) is 13.2 Å².